The molecule has 2 nitrogen and oxygen atoms in total. The molecule has 110 valence electrons. The smallest absolute Gasteiger partial charge is 0.164 e. The molecule has 0 radical (unpaired) electrons. The maximum absolute atomic E-state index is 12.1. The minimum Gasteiger partial charge on any atom is -0.302 e. The lowest BCUT2D eigenvalue weighted by Gasteiger charge is -2.16. The summed E-state index contributed by atoms with van der Waals surface area (Å²) in [5.41, 5.74) is 1.91. The summed E-state index contributed by atoms with van der Waals surface area (Å²) in [6.45, 7) is 1.51. The van der Waals surface area contributed by atoms with Crippen LogP contribution in [0.2, 0.25) is 5.02 Å². The first-order valence-electron chi connectivity index (χ1n) is 6.76. The predicted octanol–water partition coefficient (Wildman–Crippen LogP) is 4.81. The first-order valence-corrected chi connectivity index (χ1v) is 7.93. The Balaban J connectivity index is 1.84. The van der Waals surface area contributed by atoms with E-state index in [2.05, 4.69) is 20.8 Å². The van der Waals surface area contributed by atoms with Gasteiger partial charge >= 0.3 is 0 Å². The van der Waals surface area contributed by atoms with E-state index in [0.29, 0.717) is 6.42 Å². The van der Waals surface area contributed by atoms with E-state index in [9.17, 15) is 4.79 Å². The number of carbonyl (C=O) groups is 1. The van der Waals surface area contributed by atoms with Crippen LogP contribution < -0.4 is 0 Å². The monoisotopic (exact) mass is 365 g/mol. The molecule has 0 saturated heterocycles. The van der Waals surface area contributed by atoms with Gasteiger partial charge in [-0.3, -0.25) is 4.79 Å². The van der Waals surface area contributed by atoms with Gasteiger partial charge in [0.25, 0.3) is 0 Å². The highest BCUT2D eigenvalue weighted by atomic mass is 79.9. The standard InChI is InChI=1S/C17H17BrClNO/c1-20(12-13-3-2-4-16(19)11-13)10-9-17(21)14-5-7-15(18)8-6-14/h2-8,11H,9-10,12H2,1H3. The van der Waals surface area contributed by atoms with Gasteiger partial charge in [0.1, 0.15) is 0 Å². The van der Waals surface area contributed by atoms with Crippen LogP contribution in [-0.4, -0.2) is 24.3 Å². The van der Waals surface area contributed by atoms with Crippen LogP contribution in [0.25, 0.3) is 0 Å². The summed E-state index contributed by atoms with van der Waals surface area (Å²) in [5.74, 6) is 0.167. The number of carbonyl (C=O) groups excluding carboxylic acids is 1. The van der Waals surface area contributed by atoms with Crippen molar-refractivity contribution in [2.24, 2.45) is 0 Å². The van der Waals surface area contributed by atoms with Crippen LogP contribution in [-0.2, 0) is 6.54 Å². The van der Waals surface area contributed by atoms with Crippen LogP contribution in [0.4, 0.5) is 0 Å². The van der Waals surface area contributed by atoms with Crippen LogP contribution in [0.3, 0.4) is 0 Å². The number of hydrogen-bond acceptors (Lipinski definition) is 2. The summed E-state index contributed by atoms with van der Waals surface area (Å²) < 4.78 is 0.983. The summed E-state index contributed by atoms with van der Waals surface area (Å²) in [6, 6.07) is 15.3. The van der Waals surface area contributed by atoms with E-state index in [1.807, 2.05) is 55.6 Å². The molecular formula is C17H17BrClNO. The van der Waals surface area contributed by atoms with E-state index in [1.54, 1.807) is 0 Å². The third kappa shape index (κ3) is 5.27. The number of hydrogen-bond donors (Lipinski definition) is 0. The van der Waals surface area contributed by atoms with Crippen molar-refractivity contribution < 1.29 is 4.79 Å². The van der Waals surface area contributed by atoms with Crippen molar-refractivity contribution in [3.05, 3.63) is 69.2 Å². The first-order chi connectivity index (χ1) is 10.0. The van der Waals surface area contributed by atoms with Crippen LogP contribution in [0, 0.1) is 0 Å². The molecule has 0 aliphatic heterocycles. The van der Waals surface area contributed by atoms with Crippen LogP contribution in [0.15, 0.2) is 53.0 Å². The van der Waals surface area contributed by atoms with Crippen LogP contribution in [0.1, 0.15) is 22.3 Å². The van der Waals surface area contributed by atoms with Gasteiger partial charge in [-0.25, -0.2) is 0 Å². The molecule has 4 heteroatoms. The Labute approximate surface area is 138 Å². The molecule has 0 aliphatic rings. The van der Waals surface area contributed by atoms with E-state index < -0.39 is 0 Å². The van der Waals surface area contributed by atoms with Gasteiger partial charge in [0.15, 0.2) is 5.78 Å². The molecule has 0 aliphatic carbocycles. The largest absolute Gasteiger partial charge is 0.302 e. The molecule has 0 fully saturated rings. The first kappa shape index (κ1) is 16.2. The average Bonchev–Trinajstić information content (AvgIpc) is 2.45. The minimum absolute atomic E-state index is 0.167. The number of nitrogens with zero attached hydrogens (tertiary/aromatic N) is 1. The van der Waals surface area contributed by atoms with Crippen molar-refractivity contribution in [3.63, 3.8) is 0 Å². The number of Topliss-reactive ketones (excluding diaryl/α,β-unsaturated/α-hetero) is 1. The fraction of sp³-hybridized carbons (Fsp3) is 0.235. The summed E-state index contributed by atoms with van der Waals surface area (Å²) in [5, 5.41) is 0.742. The molecule has 0 unspecified atom stereocenters. The van der Waals surface area contributed by atoms with Gasteiger partial charge in [-0.05, 0) is 36.9 Å². The van der Waals surface area contributed by atoms with Crippen molar-refractivity contribution in [3.8, 4) is 0 Å². The third-order valence-corrected chi connectivity index (χ3v) is 3.99. The second-order valence-electron chi connectivity index (χ2n) is 5.05. The normalized spacial score (nSPS) is 10.9. The van der Waals surface area contributed by atoms with Crippen molar-refractivity contribution >= 4 is 33.3 Å². The SMILES string of the molecule is CN(CCC(=O)c1ccc(Br)cc1)Cc1cccc(Cl)c1. The lowest BCUT2D eigenvalue weighted by Crippen LogP contribution is -2.21. The zero-order valence-electron chi connectivity index (χ0n) is 11.9. The number of rotatable bonds is 6. The zero-order chi connectivity index (χ0) is 15.2. The molecule has 0 atom stereocenters. The summed E-state index contributed by atoms with van der Waals surface area (Å²) in [6.07, 6.45) is 0.513. The Morgan fingerprint density at radius 2 is 1.90 bits per heavy atom. The van der Waals surface area contributed by atoms with E-state index in [1.165, 1.54) is 0 Å². The highest BCUT2D eigenvalue weighted by Gasteiger charge is 2.08. The highest BCUT2D eigenvalue weighted by Crippen LogP contribution is 2.14. The molecule has 0 N–H and O–H groups in total. The maximum atomic E-state index is 12.1. The summed E-state index contributed by atoms with van der Waals surface area (Å²) in [4.78, 5) is 14.2. The molecule has 0 spiro atoms. The maximum Gasteiger partial charge on any atom is 0.164 e. The Hall–Kier alpha value is -1.16. The summed E-state index contributed by atoms with van der Waals surface area (Å²) >= 11 is 9.34. The Kier molecular flexibility index (Phi) is 5.97. The fourth-order valence-electron chi connectivity index (χ4n) is 2.10. The lowest BCUT2D eigenvalue weighted by molar-refractivity contribution is 0.0968. The molecular weight excluding hydrogens is 350 g/mol. The van der Waals surface area contributed by atoms with E-state index in [-0.39, 0.29) is 5.78 Å². The molecule has 2 aromatic carbocycles. The Bertz CT molecular complexity index is 612. The van der Waals surface area contributed by atoms with Crippen LogP contribution in [0.5, 0.6) is 0 Å². The predicted molar refractivity (Wildman–Crippen MR) is 90.9 cm³/mol. The highest BCUT2D eigenvalue weighted by molar-refractivity contribution is 9.10. The lowest BCUT2D eigenvalue weighted by atomic mass is 10.1. The average molecular weight is 367 g/mol. The van der Waals surface area contributed by atoms with Crippen LogP contribution >= 0.6 is 27.5 Å². The van der Waals surface area contributed by atoms with E-state index in [0.717, 1.165) is 33.7 Å². The quantitative estimate of drug-likeness (QED) is 0.684. The second kappa shape index (κ2) is 7.74. The van der Waals surface area contributed by atoms with Gasteiger partial charge in [-0.1, -0.05) is 51.8 Å². The van der Waals surface area contributed by atoms with Gasteiger partial charge in [0.2, 0.25) is 0 Å². The van der Waals surface area contributed by atoms with Gasteiger partial charge in [0, 0.05) is 34.6 Å². The molecule has 0 aromatic heterocycles. The number of halogens is 2. The molecule has 21 heavy (non-hydrogen) atoms. The second-order valence-corrected chi connectivity index (χ2v) is 6.40. The Morgan fingerprint density at radius 1 is 1.19 bits per heavy atom. The molecule has 0 amide bonds. The fourth-order valence-corrected chi connectivity index (χ4v) is 2.58. The van der Waals surface area contributed by atoms with E-state index in [4.69, 9.17) is 11.6 Å². The molecule has 0 heterocycles. The van der Waals surface area contributed by atoms with Crippen molar-refractivity contribution in [1.82, 2.24) is 4.90 Å². The molecule has 0 saturated carbocycles. The molecule has 2 rings (SSSR count). The van der Waals surface area contributed by atoms with Gasteiger partial charge < -0.3 is 4.90 Å². The minimum atomic E-state index is 0.167. The summed E-state index contributed by atoms with van der Waals surface area (Å²) in [7, 11) is 2.01. The number of benzene rings is 2. The molecule has 0 bridgehead atoms. The van der Waals surface area contributed by atoms with Crippen molar-refractivity contribution in [2.75, 3.05) is 13.6 Å². The van der Waals surface area contributed by atoms with Gasteiger partial charge in [-0.2, -0.15) is 0 Å². The van der Waals surface area contributed by atoms with Gasteiger partial charge in [-0.15, -0.1) is 0 Å². The molecule has 2 aromatic rings. The number of ketones is 1. The van der Waals surface area contributed by atoms with Gasteiger partial charge in [0.05, 0.1) is 0 Å². The van der Waals surface area contributed by atoms with E-state index >= 15 is 0 Å². The Morgan fingerprint density at radius 3 is 2.57 bits per heavy atom. The zero-order valence-corrected chi connectivity index (χ0v) is 14.2. The third-order valence-electron chi connectivity index (χ3n) is 3.23. The van der Waals surface area contributed by atoms with Crippen molar-refractivity contribution in [2.45, 2.75) is 13.0 Å². The van der Waals surface area contributed by atoms with Crippen molar-refractivity contribution in [1.29, 1.82) is 0 Å². The topological polar surface area (TPSA) is 20.3 Å².